The molecule has 0 unspecified atom stereocenters. The molecule has 0 saturated heterocycles. The first kappa shape index (κ1) is 21.7. The summed E-state index contributed by atoms with van der Waals surface area (Å²) in [5.74, 6) is -1.12. The summed E-state index contributed by atoms with van der Waals surface area (Å²) in [5, 5.41) is 12.3. The Morgan fingerprint density at radius 1 is 1.33 bits per heavy atom. The molecule has 0 radical (unpaired) electrons. The van der Waals surface area contributed by atoms with E-state index in [1.54, 1.807) is 13.0 Å². The molecule has 0 aliphatic rings. The maximum atomic E-state index is 14.1. The van der Waals surface area contributed by atoms with Crippen LogP contribution >= 0.6 is 0 Å². The van der Waals surface area contributed by atoms with Gasteiger partial charge in [-0.2, -0.15) is 10.1 Å². The van der Waals surface area contributed by atoms with Crippen LogP contribution in [-0.2, 0) is 0 Å². The minimum atomic E-state index is -0.715. The van der Waals surface area contributed by atoms with E-state index in [1.807, 2.05) is 6.92 Å². The third-order valence-electron chi connectivity index (χ3n) is 3.35. The SMILES string of the molecule is C=C/C(F)=C\C=C(/N)[C@H](CC)N/C(N)=N/C(Nc1cc(C)[nH]n1)=C(/F)C=C. The standard InChI is InChI=1S/C18H25F2N7/c1-5-12(19)8-9-14(21)15(7-3)23-18(22)25-17(13(20)6-2)24-16-10-11(4)26-27-16/h5-6,8-10,15H,1-2,7,21H2,3-4H3,(H3,22,23,25)(H2,24,26,27)/b12-8+,14-9-,17-13+/t15-/m0/s1. The number of aromatic amines is 1. The van der Waals surface area contributed by atoms with Gasteiger partial charge in [-0.05, 0) is 37.6 Å². The van der Waals surface area contributed by atoms with Gasteiger partial charge in [0.1, 0.15) is 5.83 Å². The van der Waals surface area contributed by atoms with Crippen LogP contribution in [0.15, 0.2) is 71.7 Å². The van der Waals surface area contributed by atoms with Gasteiger partial charge in [0.15, 0.2) is 23.4 Å². The maximum absolute atomic E-state index is 14.1. The quantitative estimate of drug-likeness (QED) is 0.258. The van der Waals surface area contributed by atoms with E-state index in [0.29, 0.717) is 17.9 Å². The summed E-state index contributed by atoms with van der Waals surface area (Å²) in [7, 11) is 0. The zero-order chi connectivity index (χ0) is 20.4. The van der Waals surface area contributed by atoms with Crippen molar-refractivity contribution in [2.75, 3.05) is 5.32 Å². The summed E-state index contributed by atoms with van der Waals surface area (Å²) in [6, 6.07) is 1.24. The molecular weight excluding hydrogens is 352 g/mol. The molecule has 0 spiro atoms. The van der Waals surface area contributed by atoms with Gasteiger partial charge in [0.2, 0.25) is 0 Å². The first-order valence-electron chi connectivity index (χ1n) is 8.17. The second kappa shape index (κ2) is 10.6. The van der Waals surface area contributed by atoms with Crippen LogP contribution < -0.4 is 22.1 Å². The van der Waals surface area contributed by atoms with E-state index in [-0.39, 0.29) is 11.8 Å². The van der Waals surface area contributed by atoms with E-state index in [0.717, 1.165) is 17.8 Å². The minimum Gasteiger partial charge on any atom is -0.400 e. The molecule has 1 rings (SSSR count). The number of aromatic nitrogens is 2. The summed E-state index contributed by atoms with van der Waals surface area (Å²) < 4.78 is 27.2. The van der Waals surface area contributed by atoms with Crippen LogP contribution in [-0.4, -0.2) is 22.2 Å². The molecule has 0 aromatic carbocycles. The van der Waals surface area contributed by atoms with Crippen molar-refractivity contribution >= 4 is 11.8 Å². The Labute approximate surface area is 157 Å². The number of H-pyrrole nitrogens is 1. The van der Waals surface area contributed by atoms with Gasteiger partial charge in [0, 0.05) is 17.5 Å². The van der Waals surface area contributed by atoms with Crippen LogP contribution in [0.25, 0.3) is 0 Å². The zero-order valence-corrected chi connectivity index (χ0v) is 15.4. The van der Waals surface area contributed by atoms with E-state index >= 15 is 0 Å². The highest BCUT2D eigenvalue weighted by Crippen LogP contribution is 2.14. The normalized spacial score (nSPS) is 15.0. The Kier molecular flexibility index (Phi) is 8.50. The number of nitrogens with two attached hydrogens (primary N) is 2. The molecule has 0 aliphatic carbocycles. The number of halogens is 2. The molecule has 0 saturated carbocycles. The average molecular weight is 377 g/mol. The average Bonchev–Trinajstić information content (AvgIpc) is 3.07. The molecule has 1 aromatic rings. The topological polar surface area (TPSA) is 117 Å². The lowest BCUT2D eigenvalue weighted by Crippen LogP contribution is -2.42. The van der Waals surface area contributed by atoms with Crippen molar-refractivity contribution in [1.82, 2.24) is 15.5 Å². The number of nitrogens with one attached hydrogen (secondary N) is 3. The number of hydrogen-bond donors (Lipinski definition) is 5. The second-order valence-electron chi connectivity index (χ2n) is 5.49. The molecule has 146 valence electrons. The zero-order valence-electron chi connectivity index (χ0n) is 15.4. The van der Waals surface area contributed by atoms with Gasteiger partial charge in [-0.25, -0.2) is 8.78 Å². The first-order valence-corrected chi connectivity index (χ1v) is 8.17. The van der Waals surface area contributed by atoms with Gasteiger partial charge in [-0.1, -0.05) is 20.1 Å². The lowest BCUT2D eigenvalue weighted by molar-refractivity contribution is 0.644. The van der Waals surface area contributed by atoms with Crippen LogP contribution in [0.1, 0.15) is 19.0 Å². The van der Waals surface area contributed by atoms with Crippen molar-refractivity contribution in [1.29, 1.82) is 0 Å². The van der Waals surface area contributed by atoms with Gasteiger partial charge < -0.3 is 22.1 Å². The number of anilines is 1. The Hall–Kier alpha value is -3.36. The molecule has 0 amide bonds. The van der Waals surface area contributed by atoms with E-state index in [1.165, 1.54) is 12.2 Å². The Bertz CT molecular complexity index is 787. The highest BCUT2D eigenvalue weighted by molar-refractivity contribution is 5.80. The third kappa shape index (κ3) is 7.18. The predicted molar refractivity (Wildman–Crippen MR) is 106 cm³/mol. The van der Waals surface area contributed by atoms with E-state index in [2.05, 4.69) is 39.0 Å². The smallest absolute Gasteiger partial charge is 0.195 e. The van der Waals surface area contributed by atoms with Crippen molar-refractivity contribution in [3.8, 4) is 0 Å². The number of hydrogen-bond acceptors (Lipinski definition) is 4. The highest BCUT2D eigenvalue weighted by atomic mass is 19.1. The van der Waals surface area contributed by atoms with Gasteiger partial charge in [-0.15, -0.1) is 0 Å². The van der Waals surface area contributed by atoms with Crippen molar-refractivity contribution in [3.05, 3.63) is 72.4 Å². The van der Waals surface area contributed by atoms with E-state index < -0.39 is 17.7 Å². The monoisotopic (exact) mass is 377 g/mol. The Morgan fingerprint density at radius 3 is 2.56 bits per heavy atom. The number of nitrogens with zero attached hydrogens (tertiary/aromatic N) is 2. The third-order valence-corrected chi connectivity index (χ3v) is 3.35. The Balaban J connectivity index is 3.00. The largest absolute Gasteiger partial charge is 0.400 e. The van der Waals surface area contributed by atoms with Crippen molar-refractivity contribution in [2.24, 2.45) is 16.5 Å². The lowest BCUT2D eigenvalue weighted by atomic mass is 10.1. The lowest BCUT2D eigenvalue weighted by Gasteiger charge is -2.18. The van der Waals surface area contributed by atoms with Crippen LogP contribution in [0.5, 0.6) is 0 Å². The molecule has 0 fully saturated rings. The highest BCUT2D eigenvalue weighted by Gasteiger charge is 2.12. The number of rotatable bonds is 9. The summed E-state index contributed by atoms with van der Waals surface area (Å²) in [6.07, 6.45) is 5.18. The van der Waals surface area contributed by atoms with Crippen LogP contribution in [0.4, 0.5) is 14.6 Å². The summed E-state index contributed by atoms with van der Waals surface area (Å²) in [4.78, 5) is 4.00. The maximum Gasteiger partial charge on any atom is 0.195 e. The molecule has 1 aromatic heterocycles. The second-order valence-corrected chi connectivity index (χ2v) is 5.49. The molecule has 7 nitrogen and oxygen atoms in total. The molecule has 7 N–H and O–H groups in total. The van der Waals surface area contributed by atoms with E-state index in [4.69, 9.17) is 11.5 Å². The summed E-state index contributed by atoms with van der Waals surface area (Å²) in [5.41, 5.74) is 12.9. The molecule has 0 aliphatic heterocycles. The fourth-order valence-electron chi connectivity index (χ4n) is 1.95. The number of aliphatic imine (C=N–C) groups is 1. The number of allylic oxidation sites excluding steroid dienone is 6. The predicted octanol–water partition coefficient (Wildman–Crippen LogP) is 3.02. The van der Waals surface area contributed by atoms with Gasteiger partial charge in [0.25, 0.3) is 0 Å². The van der Waals surface area contributed by atoms with Crippen LogP contribution in [0.3, 0.4) is 0 Å². The molecule has 0 bridgehead atoms. The molecule has 1 atom stereocenters. The van der Waals surface area contributed by atoms with E-state index in [9.17, 15) is 8.78 Å². The molecule has 1 heterocycles. The number of guanidine groups is 1. The van der Waals surface area contributed by atoms with Crippen LogP contribution in [0, 0.1) is 6.92 Å². The summed E-state index contributed by atoms with van der Waals surface area (Å²) in [6.45, 7) is 10.3. The van der Waals surface area contributed by atoms with Gasteiger partial charge >= 0.3 is 0 Å². The van der Waals surface area contributed by atoms with Gasteiger partial charge in [-0.3, -0.25) is 5.10 Å². The molecule has 9 heteroatoms. The fourth-order valence-corrected chi connectivity index (χ4v) is 1.95. The van der Waals surface area contributed by atoms with Crippen molar-refractivity contribution in [2.45, 2.75) is 26.3 Å². The fraction of sp³-hybridized carbons (Fsp3) is 0.222. The molecular formula is C18H25F2N7. The van der Waals surface area contributed by atoms with Crippen LogP contribution in [0.2, 0.25) is 0 Å². The first-order chi connectivity index (χ1) is 12.8. The molecule has 27 heavy (non-hydrogen) atoms. The van der Waals surface area contributed by atoms with Crippen molar-refractivity contribution < 1.29 is 8.78 Å². The minimum absolute atomic E-state index is 0.0851. The van der Waals surface area contributed by atoms with Crippen molar-refractivity contribution in [3.63, 3.8) is 0 Å². The summed E-state index contributed by atoms with van der Waals surface area (Å²) >= 11 is 0. The van der Waals surface area contributed by atoms with Gasteiger partial charge in [0.05, 0.1) is 6.04 Å². The number of aryl methyl sites for hydroxylation is 1. The Morgan fingerprint density at radius 2 is 2.04 bits per heavy atom.